The summed E-state index contributed by atoms with van der Waals surface area (Å²) in [6.07, 6.45) is 2.07. The summed E-state index contributed by atoms with van der Waals surface area (Å²) < 4.78 is 5.78. The van der Waals surface area contributed by atoms with Crippen molar-refractivity contribution in [1.82, 2.24) is 4.98 Å². The molecule has 0 atom stereocenters. The number of aromatic nitrogens is 1. The van der Waals surface area contributed by atoms with Crippen LogP contribution in [-0.4, -0.2) is 10.9 Å². The lowest BCUT2D eigenvalue weighted by molar-refractivity contribution is -0.115. The monoisotopic (exact) mass is 368 g/mol. The first-order chi connectivity index (χ1) is 13.8. The Morgan fingerprint density at radius 3 is 2.50 bits per heavy atom. The maximum Gasteiger partial charge on any atom is 0.228 e. The number of amides is 1. The van der Waals surface area contributed by atoms with Gasteiger partial charge in [-0.3, -0.25) is 9.78 Å². The van der Waals surface area contributed by atoms with Gasteiger partial charge in [-0.25, -0.2) is 0 Å². The second-order valence-corrected chi connectivity index (χ2v) is 6.55. The van der Waals surface area contributed by atoms with Gasteiger partial charge in [-0.1, -0.05) is 48.5 Å². The summed E-state index contributed by atoms with van der Waals surface area (Å²) in [5.41, 5.74) is 3.74. The third-order valence-corrected chi connectivity index (χ3v) is 4.42. The van der Waals surface area contributed by atoms with E-state index in [2.05, 4.69) is 10.3 Å². The zero-order valence-electron chi connectivity index (χ0n) is 15.3. The molecule has 4 nitrogen and oxygen atoms in total. The summed E-state index contributed by atoms with van der Waals surface area (Å²) in [5, 5.41) is 3.95. The van der Waals surface area contributed by atoms with Crippen molar-refractivity contribution in [2.45, 2.75) is 13.0 Å². The normalized spacial score (nSPS) is 10.6. The summed E-state index contributed by atoms with van der Waals surface area (Å²) in [6.45, 7) is 0.525. The Balaban J connectivity index is 1.33. The fraction of sp³-hybridized carbons (Fsp3) is 0.0833. The molecule has 1 amide bonds. The predicted octanol–water partition coefficient (Wildman–Crippen LogP) is 5.00. The van der Waals surface area contributed by atoms with E-state index in [1.54, 1.807) is 6.20 Å². The van der Waals surface area contributed by atoms with E-state index in [0.29, 0.717) is 13.0 Å². The highest BCUT2D eigenvalue weighted by Gasteiger charge is 2.06. The molecule has 28 heavy (non-hydrogen) atoms. The third-order valence-electron chi connectivity index (χ3n) is 4.42. The predicted molar refractivity (Wildman–Crippen MR) is 111 cm³/mol. The zero-order valence-corrected chi connectivity index (χ0v) is 15.3. The van der Waals surface area contributed by atoms with Gasteiger partial charge >= 0.3 is 0 Å². The molecule has 0 spiro atoms. The SMILES string of the molecule is O=C(Cc1ccc(OCc2ccccc2)cc1)Nc1ccc2ncccc2c1. The second kappa shape index (κ2) is 8.35. The largest absolute Gasteiger partial charge is 0.489 e. The molecule has 1 N–H and O–H groups in total. The van der Waals surface area contributed by atoms with E-state index < -0.39 is 0 Å². The van der Waals surface area contributed by atoms with Crippen LogP contribution in [-0.2, 0) is 17.8 Å². The molecule has 0 aliphatic carbocycles. The molecule has 0 saturated heterocycles. The lowest BCUT2D eigenvalue weighted by Gasteiger charge is -2.08. The average molecular weight is 368 g/mol. The fourth-order valence-corrected chi connectivity index (χ4v) is 2.99. The van der Waals surface area contributed by atoms with Crippen LogP contribution < -0.4 is 10.1 Å². The standard InChI is InChI=1S/C24H20N2O2/c27-24(26-21-10-13-23-20(16-21)7-4-14-25-23)15-18-8-11-22(12-9-18)28-17-19-5-2-1-3-6-19/h1-14,16H,15,17H2,(H,26,27). The Morgan fingerprint density at radius 2 is 1.68 bits per heavy atom. The molecule has 4 heteroatoms. The number of nitrogens with zero attached hydrogens (tertiary/aromatic N) is 1. The van der Waals surface area contributed by atoms with Crippen molar-refractivity contribution >= 4 is 22.5 Å². The number of nitrogens with one attached hydrogen (secondary N) is 1. The van der Waals surface area contributed by atoms with Gasteiger partial charge in [0.2, 0.25) is 5.91 Å². The Kier molecular flexibility index (Phi) is 5.29. The van der Waals surface area contributed by atoms with E-state index >= 15 is 0 Å². The number of rotatable bonds is 6. The molecule has 0 saturated carbocycles. The summed E-state index contributed by atoms with van der Waals surface area (Å²) in [7, 11) is 0. The van der Waals surface area contributed by atoms with Gasteiger partial charge in [0, 0.05) is 17.3 Å². The Labute approximate surface area is 163 Å². The van der Waals surface area contributed by atoms with E-state index in [0.717, 1.165) is 33.5 Å². The number of ether oxygens (including phenoxy) is 1. The van der Waals surface area contributed by atoms with Gasteiger partial charge < -0.3 is 10.1 Å². The molecule has 138 valence electrons. The molecule has 1 aromatic heterocycles. The molecular weight excluding hydrogens is 348 g/mol. The van der Waals surface area contributed by atoms with Crippen molar-refractivity contribution < 1.29 is 9.53 Å². The summed E-state index contributed by atoms with van der Waals surface area (Å²) in [5.74, 6) is 0.733. The van der Waals surface area contributed by atoms with Gasteiger partial charge in [0.15, 0.2) is 0 Å². The maximum atomic E-state index is 12.4. The number of carbonyl (C=O) groups is 1. The lowest BCUT2D eigenvalue weighted by atomic mass is 10.1. The zero-order chi connectivity index (χ0) is 19.2. The topological polar surface area (TPSA) is 51.2 Å². The van der Waals surface area contributed by atoms with Crippen LogP contribution in [0.5, 0.6) is 5.75 Å². The van der Waals surface area contributed by atoms with Gasteiger partial charge in [-0.2, -0.15) is 0 Å². The average Bonchev–Trinajstić information content (AvgIpc) is 2.74. The van der Waals surface area contributed by atoms with E-state index in [9.17, 15) is 4.79 Å². The van der Waals surface area contributed by atoms with Crippen LogP contribution >= 0.6 is 0 Å². The molecule has 4 aromatic rings. The van der Waals surface area contributed by atoms with E-state index in [1.165, 1.54) is 0 Å². The smallest absolute Gasteiger partial charge is 0.228 e. The highest BCUT2D eigenvalue weighted by Crippen LogP contribution is 2.18. The van der Waals surface area contributed by atoms with Crippen molar-refractivity contribution in [2.75, 3.05) is 5.32 Å². The molecule has 0 bridgehead atoms. The Morgan fingerprint density at radius 1 is 0.857 bits per heavy atom. The summed E-state index contributed by atoms with van der Waals surface area (Å²) in [6, 6.07) is 27.2. The first kappa shape index (κ1) is 17.7. The van der Waals surface area contributed by atoms with Crippen molar-refractivity contribution in [2.24, 2.45) is 0 Å². The number of hydrogen-bond donors (Lipinski definition) is 1. The van der Waals surface area contributed by atoms with Crippen molar-refractivity contribution in [3.05, 3.63) is 102 Å². The van der Waals surface area contributed by atoms with Crippen molar-refractivity contribution in [3.63, 3.8) is 0 Å². The number of fused-ring (bicyclic) bond motifs is 1. The van der Waals surface area contributed by atoms with E-state index in [4.69, 9.17) is 4.74 Å². The van der Waals surface area contributed by atoms with Gasteiger partial charge in [-0.05, 0) is 47.5 Å². The summed E-state index contributed by atoms with van der Waals surface area (Å²) in [4.78, 5) is 16.6. The molecule has 0 fully saturated rings. The number of carbonyl (C=O) groups excluding carboxylic acids is 1. The van der Waals surface area contributed by atoms with Gasteiger partial charge in [0.1, 0.15) is 12.4 Å². The van der Waals surface area contributed by atoms with Crippen LogP contribution in [0.25, 0.3) is 10.9 Å². The number of hydrogen-bond acceptors (Lipinski definition) is 3. The number of anilines is 1. The molecule has 0 radical (unpaired) electrons. The Bertz CT molecular complexity index is 1080. The molecule has 0 aliphatic rings. The van der Waals surface area contributed by atoms with Gasteiger partial charge in [-0.15, -0.1) is 0 Å². The third kappa shape index (κ3) is 4.54. The highest BCUT2D eigenvalue weighted by molar-refractivity contribution is 5.94. The van der Waals surface area contributed by atoms with Crippen LogP contribution in [0.15, 0.2) is 91.1 Å². The first-order valence-corrected chi connectivity index (χ1v) is 9.16. The minimum absolute atomic E-state index is 0.0544. The molecule has 0 aliphatic heterocycles. The molecular formula is C24H20N2O2. The molecule has 1 heterocycles. The second-order valence-electron chi connectivity index (χ2n) is 6.55. The lowest BCUT2D eigenvalue weighted by Crippen LogP contribution is -2.14. The van der Waals surface area contributed by atoms with Gasteiger partial charge in [0.25, 0.3) is 0 Å². The van der Waals surface area contributed by atoms with Crippen molar-refractivity contribution in [1.29, 1.82) is 0 Å². The highest BCUT2D eigenvalue weighted by atomic mass is 16.5. The minimum Gasteiger partial charge on any atom is -0.489 e. The quantitative estimate of drug-likeness (QED) is 0.521. The molecule has 4 rings (SSSR count). The van der Waals surface area contributed by atoms with Crippen LogP contribution in [0.3, 0.4) is 0 Å². The first-order valence-electron chi connectivity index (χ1n) is 9.16. The molecule has 3 aromatic carbocycles. The van der Waals surface area contributed by atoms with Crippen LogP contribution in [0.1, 0.15) is 11.1 Å². The summed E-state index contributed by atoms with van der Waals surface area (Å²) >= 11 is 0. The Hall–Kier alpha value is -3.66. The fourth-order valence-electron chi connectivity index (χ4n) is 2.99. The van der Waals surface area contributed by atoms with Gasteiger partial charge in [0.05, 0.1) is 11.9 Å². The maximum absolute atomic E-state index is 12.4. The van der Waals surface area contributed by atoms with Crippen LogP contribution in [0.4, 0.5) is 5.69 Å². The molecule has 0 unspecified atom stereocenters. The number of pyridine rings is 1. The van der Waals surface area contributed by atoms with Crippen molar-refractivity contribution in [3.8, 4) is 5.75 Å². The van der Waals surface area contributed by atoms with Crippen LogP contribution in [0.2, 0.25) is 0 Å². The van der Waals surface area contributed by atoms with E-state index in [1.807, 2.05) is 84.9 Å². The van der Waals surface area contributed by atoms with E-state index in [-0.39, 0.29) is 5.91 Å². The van der Waals surface area contributed by atoms with Crippen LogP contribution in [0, 0.1) is 0 Å². The number of benzene rings is 3. The minimum atomic E-state index is -0.0544.